The number of hydrogen-bond acceptors (Lipinski definition) is 6. The fourth-order valence-electron chi connectivity index (χ4n) is 3.80. The summed E-state index contributed by atoms with van der Waals surface area (Å²) >= 11 is 0. The monoisotopic (exact) mass is 479 g/mol. The SMILES string of the molecule is C=CCOC[C@H](O)CN(Cc1c(C)nn(-c2ccccc2)c1Oc1ccc(OC)cc1)[C@@H](C)CC. The number of aryl methyl sites for hydroxylation is 1. The number of aromatic nitrogens is 2. The molecule has 1 N–H and O–H groups in total. The van der Waals surface area contributed by atoms with E-state index >= 15 is 0 Å². The summed E-state index contributed by atoms with van der Waals surface area (Å²) in [5.74, 6) is 2.11. The lowest BCUT2D eigenvalue weighted by molar-refractivity contribution is 0.0155. The van der Waals surface area contributed by atoms with E-state index in [9.17, 15) is 5.11 Å². The largest absolute Gasteiger partial charge is 0.497 e. The van der Waals surface area contributed by atoms with Crippen LogP contribution in [0, 0.1) is 6.92 Å². The molecular weight excluding hydrogens is 442 g/mol. The maximum absolute atomic E-state index is 10.6. The molecule has 0 aliphatic carbocycles. The zero-order valence-corrected chi connectivity index (χ0v) is 21.2. The Bertz CT molecular complexity index is 1050. The van der Waals surface area contributed by atoms with Crippen molar-refractivity contribution >= 4 is 0 Å². The van der Waals surface area contributed by atoms with Gasteiger partial charge in [-0.2, -0.15) is 5.10 Å². The van der Waals surface area contributed by atoms with Crippen LogP contribution in [0.15, 0.2) is 67.3 Å². The Kier molecular flexibility index (Phi) is 9.90. The van der Waals surface area contributed by atoms with Crippen LogP contribution in [0.3, 0.4) is 0 Å². The van der Waals surface area contributed by atoms with Crippen molar-refractivity contribution in [3.8, 4) is 23.1 Å². The molecule has 0 unspecified atom stereocenters. The van der Waals surface area contributed by atoms with E-state index in [1.165, 1.54) is 0 Å². The Labute approximate surface area is 208 Å². The van der Waals surface area contributed by atoms with Gasteiger partial charge in [0, 0.05) is 19.1 Å². The molecule has 7 heteroatoms. The lowest BCUT2D eigenvalue weighted by Crippen LogP contribution is -2.40. The fraction of sp³-hybridized carbons (Fsp3) is 0.393. The summed E-state index contributed by atoms with van der Waals surface area (Å²) in [4.78, 5) is 2.25. The number of aliphatic hydroxyl groups excluding tert-OH is 1. The number of para-hydroxylation sites is 1. The van der Waals surface area contributed by atoms with E-state index < -0.39 is 6.10 Å². The Morgan fingerprint density at radius 1 is 1.11 bits per heavy atom. The van der Waals surface area contributed by atoms with Crippen LogP contribution in [0.4, 0.5) is 0 Å². The molecule has 0 spiro atoms. The van der Waals surface area contributed by atoms with E-state index in [0.29, 0.717) is 31.3 Å². The van der Waals surface area contributed by atoms with Gasteiger partial charge in [-0.05, 0) is 56.7 Å². The molecule has 7 nitrogen and oxygen atoms in total. The molecule has 3 aromatic rings. The topological polar surface area (TPSA) is 69.0 Å². The van der Waals surface area contributed by atoms with Gasteiger partial charge in [0.25, 0.3) is 0 Å². The average molecular weight is 480 g/mol. The van der Waals surface area contributed by atoms with Crippen LogP contribution in [-0.2, 0) is 11.3 Å². The number of rotatable bonds is 14. The predicted octanol–water partition coefficient (Wildman–Crippen LogP) is 5.15. The molecule has 0 saturated carbocycles. The number of hydrogen-bond donors (Lipinski definition) is 1. The molecule has 3 rings (SSSR count). The molecule has 1 heterocycles. The summed E-state index contributed by atoms with van der Waals surface area (Å²) in [7, 11) is 1.64. The second kappa shape index (κ2) is 13.1. The first-order valence-electron chi connectivity index (χ1n) is 12.0. The van der Waals surface area contributed by atoms with Crippen molar-refractivity contribution in [2.75, 3.05) is 26.9 Å². The van der Waals surface area contributed by atoms with E-state index in [-0.39, 0.29) is 12.6 Å². The van der Waals surface area contributed by atoms with Gasteiger partial charge >= 0.3 is 0 Å². The number of nitrogens with zero attached hydrogens (tertiary/aromatic N) is 3. The van der Waals surface area contributed by atoms with E-state index in [0.717, 1.165) is 29.1 Å². The number of ether oxygens (including phenoxy) is 3. The van der Waals surface area contributed by atoms with Crippen LogP contribution in [-0.4, -0.2) is 58.8 Å². The molecule has 1 aromatic heterocycles. The molecule has 0 aliphatic heterocycles. The molecule has 188 valence electrons. The Morgan fingerprint density at radius 2 is 1.80 bits per heavy atom. The Balaban J connectivity index is 1.95. The van der Waals surface area contributed by atoms with Gasteiger partial charge in [-0.15, -0.1) is 6.58 Å². The molecule has 35 heavy (non-hydrogen) atoms. The highest BCUT2D eigenvalue weighted by Gasteiger charge is 2.24. The highest BCUT2D eigenvalue weighted by molar-refractivity contribution is 5.44. The number of methoxy groups -OCH3 is 1. The van der Waals surface area contributed by atoms with Crippen molar-refractivity contribution in [3.05, 3.63) is 78.5 Å². The minimum absolute atomic E-state index is 0.248. The molecule has 0 bridgehead atoms. The van der Waals surface area contributed by atoms with Crippen molar-refractivity contribution in [2.24, 2.45) is 0 Å². The summed E-state index contributed by atoms with van der Waals surface area (Å²) < 4.78 is 19.0. The van der Waals surface area contributed by atoms with Crippen LogP contribution in [0.2, 0.25) is 0 Å². The van der Waals surface area contributed by atoms with Crippen molar-refractivity contribution in [3.63, 3.8) is 0 Å². The van der Waals surface area contributed by atoms with Crippen molar-refractivity contribution in [1.82, 2.24) is 14.7 Å². The zero-order valence-electron chi connectivity index (χ0n) is 21.2. The molecule has 2 atom stereocenters. The molecule has 0 saturated heterocycles. The van der Waals surface area contributed by atoms with E-state index in [2.05, 4.69) is 25.3 Å². The predicted molar refractivity (Wildman–Crippen MR) is 139 cm³/mol. The first-order valence-corrected chi connectivity index (χ1v) is 12.0. The summed E-state index contributed by atoms with van der Waals surface area (Å²) in [6, 6.07) is 17.7. The molecule has 0 radical (unpaired) electrons. The van der Waals surface area contributed by atoms with Gasteiger partial charge in [-0.25, -0.2) is 4.68 Å². The first-order chi connectivity index (χ1) is 17.0. The van der Waals surface area contributed by atoms with Crippen molar-refractivity contribution in [1.29, 1.82) is 0 Å². The standard InChI is InChI=1S/C28H37N3O4/c1-6-17-34-20-24(32)18-30(21(3)7-2)19-27-22(4)29-31(23-11-9-8-10-12-23)28(27)35-26-15-13-25(33-5)14-16-26/h6,8-16,21,24,32H,1,7,17-20H2,2-5H3/t21-,24+/m0/s1. The normalized spacial score (nSPS) is 13.0. The van der Waals surface area contributed by atoms with Gasteiger partial charge < -0.3 is 19.3 Å². The lowest BCUT2D eigenvalue weighted by Gasteiger charge is -2.30. The quantitative estimate of drug-likeness (QED) is 0.255. The summed E-state index contributed by atoms with van der Waals surface area (Å²) in [6.45, 7) is 11.7. The second-order valence-corrected chi connectivity index (χ2v) is 8.56. The van der Waals surface area contributed by atoms with Gasteiger partial charge in [-0.1, -0.05) is 31.2 Å². The number of benzene rings is 2. The van der Waals surface area contributed by atoms with E-state index in [1.54, 1.807) is 13.2 Å². The third-order valence-electron chi connectivity index (χ3n) is 5.98. The summed E-state index contributed by atoms with van der Waals surface area (Å²) in [5, 5.41) is 15.4. The van der Waals surface area contributed by atoms with Gasteiger partial charge in [0.05, 0.1) is 43.4 Å². The van der Waals surface area contributed by atoms with Gasteiger partial charge in [-0.3, -0.25) is 4.90 Å². The smallest absolute Gasteiger partial charge is 0.227 e. The van der Waals surface area contributed by atoms with Crippen LogP contribution in [0.25, 0.3) is 5.69 Å². The van der Waals surface area contributed by atoms with Crippen molar-refractivity contribution < 1.29 is 19.3 Å². The zero-order chi connectivity index (χ0) is 25.2. The van der Waals surface area contributed by atoms with Gasteiger partial charge in [0.1, 0.15) is 11.5 Å². The lowest BCUT2D eigenvalue weighted by atomic mass is 10.1. The van der Waals surface area contributed by atoms with E-state index in [4.69, 9.17) is 19.3 Å². The maximum atomic E-state index is 10.6. The highest BCUT2D eigenvalue weighted by atomic mass is 16.5. The molecule has 0 amide bonds. The second-order valence-electron chi connectivity index (χ2n) is 8.56. The van der Waals surface area contributed by atoms with Crippen LogP contribution in [0.5, 0.6) is 17.4 Å². The third kappa shape index (κ3) is 7.18. The molecular formula is C28H37N3O4. The molecule has 0 fully saturated rings. The first kappa shape index (κ1) is 26.5. The van der Waals surface area contributed by atoms with Crippen LogP contribution >= 0.6 is 0 Å². The molecule has 2 aromatic carbocycles. The van der Waals surface area contributed by atoms with Crippen LogP contribution < -0.4 is 9.47 Å². The Hall–Kier alpha value is -3.13. The summed E-state index contributed by atoms with van der Waals surface area (Å²) in [6.07, 6.45) is 2.02. The Morgan fingerprint density at radius 3 is 2.43 bits per heavy atom. The fourth-order valence-corrected chi connectivity index (χ4v) is 3.80. The van der Waals surface area contributed by atoms with Gasteiger partial charge in [0.2, 0.25) is 5.88 Å². The minimum atomic E-state index is -0.612. The maximum Gasteiger partial charge on any atom is 0.227 e. The highest BCUT2D eigenvalue weighted by Crippen LogP contribution is 2.33. The average Bonchev–Trinajstić information content (AvgIpc) is 3.18. The molecule has 0 aliphatic rings. The number of aliphatic hydroxyl groups is 1. The van der Waals surface area contributed by atoms with Gasteiger partial charge in [0.15, 0.2) is 0 Å². The van der Waals surface area contributed by atoms with Crippen molar-refractivity contribution in [2.45, 2.75) is 45.9 Å². The van der Waals surface area contributed by atoms with Crippen LogP contribution in [0.1, 0.15) is 31.5 Å². The summed E-state index contributed by atoms with van der Waals surface area (Å²) in [5.41, 5.74) is 2.77. The van der Waals surface area contributed by atoms with E-state index in [1.807, 2.05) is 66.2 Å². The minimum Gasteiger partial charge on any atom is -0.497 e. The third-order valence-corrected chi connectivity index (χ3v) is 5.98.